The van der Waals surface area contributed by atoms with E-state index in [1.54, 1.807) is 24.3 Å². The van der Waals surface area contributed by atoms with Gasteiger partial charge in [0.15, 0.2) is 0 Å². The molecule has 3 aromatic rings. The number of amides is 3. The zero-order valence-corrected chi connectivity index (χ0v) is 15.4. The molecule has 6 nitrogen and oxygen atoms in total. The fourth-order valence-corrected chi connectivity index (χ4v) is 3.18. The summed E-state index contributed by atoms with van der Waals surface area (Å²) in [5.41, 5.74) is 2.82. The van der Waals surface area contributed by atoms with E-state index in [0.29, 0.717) is 15.7 Å². The molecule has 0 unspecified atom stereocenters. The third kappa shape index (κ3) is 4.71. The van der Waals surface area contributed by atoms with Crippen LogP contribution < -0.4 is 10.6 Å². The summed E-state index contributed by atoms with van der Waals surface area (Å²) in [5.74, 6) is -0.375. The fourth-order valence-electron chi connectivity index (χ4n) is 2.23. The number of nitrogens with zero attached hydrogens (tertiary/aromatic N) is 2. The molecule has 1 aromatic heterocycles. The number of halogens is 1. The number of nitrogens with one attached hydrogen (secondary N) is 2. The lowest BCUT2D eigenvalue weighted by molar-refractivity contribution is -0.117. The van der Waals surface area contributed by atoms with Gasteiger partial charge in [-0.15, -0.1) is 0 Å². The van der Waals surface area contributed by atoms with Crippen molar-refractivity contribution in [1.29, 1.82) is 0 Å². The molecular formula is C18H15ClN4O2S. The standard InChI is InChI=1S/C18H15ClN4O2S/c1-11-17(22-15-8-3-2-7-14(15)20-11)26-10-16(24)23-18(25)21-13-6-4-5-12(19)9-13/h2-9H,10H2,1H3,(H2,21,23,24,25). The van der Waals surface area contributed by atoms with Crippen molar-refractivity contribution in [3.05, 3.63) is 59.2 Å². The van der Waals surface area contributed by atoms with Crippen LogP contribution in [0.1, 0.15) is 5.69 Å². The average molecular weight is 387 g/mol. The molecule has 0 bridgehead atoms. The Morgan fingerprint density at radius 1 is 1.08 bits per heavy atom. The van der Waals surface area contributed by atoms with E-state index in [9.17, 15) is 9.59 Å². The molecule has 0 spiro atoms. The second kappa shape index (κ2) is 8.16. The van der Waals surface area contributed by atoms with Gasteiger partial charge in [-0.2, -0.15) is 0 Å². The number of carbonyl (C=O) groups excluding carboxylic acids is 2. The summed E-state index contributed by atoms with van der Waals surface area (Å²) in [4.78, 5) is 32.8. The Morgan fingerprint density at radius 3 is 2.54 bits per heavy atom. The molecule has 2 aromatic carbocycles. The van der Waals surface area contributed by atoms with Crippen LogP contribution in [0.15, 0.2) is 53.6 Å². The van der Waals surface area contributed by atoms with Gasteiger partial charge in [-0.3, -0.25) is 10.1 Å². The zero-order valence-electron chi connectivity index (χ0n) is 13.8. The van der Waals surface area contributed by atoms with Gasteiger partial charge in [0.1, 0.15) is 5.03 Å². The minimum atomic E-state index is -0.612. The van der Waals surface area contributed by atoms with E-state index < -0.39 is 11.9 Å². The van der Waals surface area contributed by atoms with E-state index in [1.807, 2.05) is 31.2 Å². The lowest BCUT2D eigenvalue weighted by Gasteiger charge is -2.08. The number of carbonyl (C=O) groups is 2. The first-order valence-electron chi connectivity index (χ1n) is 7.74. The smallest absolute Gasteiger partial charge is 0.308 e. The number of aromatic nitrogens is 2. The van der Waals surface area contributed by atoms with E-state index in [1.165, 1.54) is 11.8 Å². The van der Waals surface area contributed by atoms with Crippen LogP contribution >= 0.6 is 23.4 Å². The Morgan fingerprint density at radius 2 is 1.81 bits per heavy atom. The van der Waals surface area contributed by atoms with E-state index in [2.05, 4.69) is 20.6 Å². The maximum atomic E-state index is 12.0. The monoisotopic (exact) mass is 386 g/mol. The van der Waals surface area contributed by atoms with E-state index in [0.717, 1.165) is 16.7 Å². The van der Waals surface area contributed by atoms with Gasteiger partial charge in [0.2, 0.25) is 5.91 Å². The van der Waals surface area contributed by atoms with Crippen LogP contribution in [-0.2, 0) is 4.79 Å². The number of urea groups is 1. The predicted octanol–water partition coefficient (Wildman–Crippen LogP) is 4.03. The molecule has 0 aliphatic carbocycles. The number of aryl methyl sites for hydroxylation is 1. The number of hydrogen-bond donors (Lipinski definition) is 2. The highest BCUT2D eigenvalue weighted by atomic mass is 35.5. The summed E-state index contributed by atoms with van der Waals surface area (Å²) < 4.78 is 0. The van der Waals surface area contributed by atoms with Gasteiger partial charge in [0.25, 0.3) is 0 Å². The highest BCUT2D eigenvalue weighted by Gasteiger charge is 2.11. The van der Waals surface area contributed by atoms with Crippen molar-refractivity contribution in [2.75, 3.05) is 11.1 Å². The van der Waals surface area contributed by atoms with Gasteiger partial charge in [-0.1, -0.05) is 41.6 Å². The maximum Gasteiger partial charge on any atom is 0.325 e. The van der Waals surface area contributed by atoms with Crippen molar-refractivity contribution in [1.82, 2.24) is 15.3 Å². The Hall–Kier alpha value is -2.64. The van der Waals surface area contributed by atoms with Crippen LogP contribution in [0.2, 0.25) is 5.02 Å². The molecular weight excluding hydrogens is 372 g/mol. The van der Waals surface area contributed by atoms with Crippen LogP contribution in [0.25, 0.3) is 11.0 Å². The summed E-state index contributed by atoms with van der Waals surface area (Å²) in [6.45, 7) is 1.84. The Balaban J connectivity index is 1.57. The molecule has 132 valence electrons. The first kappa shape index (κ1) is 18.2. The van der Waals surface area contributed by atoms with Gasteiger partial charge in [-0.25, -0.2) is 14.8 Å². The van der Waals surface area contributed by atoms with Crippen LogP contribution in [0.3, 0.4) is 0 Å². The second-order valence-corrected chi connectivity index (χ2v) is 6.80. The van der Waals surface area contributed by atoms with Gasteiger partial charge in [0, 0.05) is 10.7 Å². The molecule has 0 fully saturated rings. The molecule has 0 radical (unpaired) electrons. The molecule has 8 heteroatoms. The van der Waals surface area contributed by atoms with E-state index in [-0.39, 0.29) is 5.75 Å². The quantitative estimate of drug-likeness (QED) is 0.661. The van der Waals surface area contributed by atoms with Crippen LogP contribution in [0.4, 0.5) is 10.5 Å². The van der Waals surface area contributed by atoms with Gasteiger partial charge in [-0.05, 0) is 37.3 Å². The maximum absolute atomic E-state index is 12.0. The normalized spacial score (nSPS) is 10.5. The lowest BCUT2D eigenvalue weighted by Crippen LogP contribution is -2.35. The number of fused-ring (bicyclic) bond motifs is 1. The Kier molecular flexibility index (Phi) is 5.70. The van der Waals surface area contributed by atoms with Crippen LogP contribution in [0.5, 0.6) is 0 Å². The topological polar surface area (TPSA) is 84.0 Å². The molecule has 0 atom stereocenters. The van der Waals surface area contributed by atoms with Crippen LogP contribution in [0, 0.1) is 6.92 Å². The summed E-state index contributed by atoms with van der Waals surface area (Å²) in [6, 6.07) is 13.6. The first-order chi connectivity index (χ1) is 12.5. The second-order valence-electron chi connectivity index (χ2n) is 5.40. The zero-order chi connectivity index (χ0) is 18.5. The molecule has 0 saturated carbocycles. The molecule has 3 rings (SSSR count). The van der Waals surface area contributed by atoms with Crippen molar-refractivity contribution in [3.63, 3.8) is 0 Å². The third-order valence-corrected chi connectivity index (χ3v) is 4.68. The lowest BCUT2D eigenvalue weighted by atomic mass is 10.3. The number of benzene rings is 2. The highest BCUT2D eigenvalue weighted by Crippen LogP contribution is 2.21. The molecule has 3 amide bonds. The number of para-hydroxylation sites is 2. The average Bonchev–Trinajstić information content (AvgIpc) is 2.59. The van der Waals surface area contributed by atoms with Crippen molar-refractivity contribution < 1.29 is 9.59 Å². The number of imide groups is 1. The van der Waals surface area contributed by atoms with Gasteiger partial charge < -0.3 is 5.32 Å². The molecule has 0 aliphatic rings. The summed E-state index contributed by atoms with van der Waals surface area (Å²) in [6.07, 6.45) is 0. The third-order valence-electron chi connectivity index (χ3n) is 3.38. The molecule has 26 heavy (non-hydrogen) atoms. The van der Waals surface area contributed by atoms with Gasteiger partial charge in [0.05, 0.1) is 22.5 Å². The van der Waals surface area contributed by atoms with E-state index in [4.69, 9.17) is 11.6 Å². The van der Waals surface area contributed by atoms with E-state index >= 15 is 0 Å². The highest BCUT2D eigenvalue weighted by molar-refractivity contribution is 7.99. The summed E-state index contributed by atoms with van der Waals surface area (Å²) >= 11 is 7.09. The Labute approximate surface area is 159 Å². The SMILES string of the molecule is Cc1nc2ccccc2nc1SCC(=O)NC(=O)Nc1cccc(Cl)c1. The number of hydrogen-bond acceptors (Lipinski definition) is 5. The number of thioether (sulfide) groups is 1. The molecule has 1 heterocycles. The number of anilines is 1. The fraction of sp³-hybridized carbons (Fsp3) is 0.111. The van der Waals surface area contributed by atoms with Crippen molar-refractivity contribution >= 4 is 52.0 Å². The molecule has 2 N–H and O–H groups in total. The first-order valence-corrected chi connectivity index (χ1v) is 9.10. The minimum Gasteiger partial charge on any atom is -0.308 e. The predicted molar refractivity (Wildman–Crippen MR) is 104 cm³/mol. The molecule has 0 saturated heterocycles. The minimum absolute atomic E-state index is 0.0524. The van der Waals surface area contributed by atoms with Crippen LogP contribution in [-0.4, -0.2) is 27.7 Å². The van der Waals surface area contributed by atoms with Crippen molar-refractivity contribution in [2.24, 2.45) is 0 Å². The summed E-state index contributed by atoms with van der Waals surface area (Å²) in [7, 11) is 0. The molecule has 0 aliphatic heterocycles. The Bertz CT molecular complexity index is 980. The van der Waals surface area contributed by atoms with Gasteiger partial charge >= 0.3 is 6.03 Å². The van der Waals surface area contributed by atoms with Crippen molar-refractivity contribution in [3.8, 4) is 0 Å². The number of rotatable bonds is 4. The largest absolute Gasteiger partial charge is 0.325 e. The van der Waals surface area contributed by atoms with Crippen molar-refractivity contribution in [2.45, 2.75) is 11.9 Å². The summed E-state index contributed by atoms with van der Waals surface area (Å²) in [5, 5.41) is 5.99.